The van der Waals surface area contributed by atoms with Gasteiger partial charge in [-0.25, -0.2) is 19.5 Å². The van der Waals surface area contributed by atoms with Crippen molar-refractivity contribution in [3.63, 3.8) is 0 Å². The molecule has 2 aromatic heterocycles. The van der Waals surface area contributed by atoms with Crippen LogP contribution in [-0.4, -0.2) is 54.3 Å². The van der Waals surface area contributed by atoms with Crippen LogP contribution in [0.25, 0.3) is 21.9 Å². The van der Waals surface area contributed by atoms with Crippen molar-refractivity contribution in [2.45, 2.75) is 52.0 Å². The van der Waals surface area contributed by atoms with Crippen molar-refractivity contribution in [2.24, 2.45) is 4.99 Å². The van der Waals surface area contributed by atoms with Crippen molar-refractivity contribution >= 4 is 53.0 Å². The van der Waals surface area contributed by atoms with E-state index in [-0.39, 0.29) is 18.0 Å². The fraction of sp³-hybridized carbons (Fsp3) is 0.393. The van der Waals surface area contributed by atoms with Crippen LogP contribution < -0.4 is 10.3 Å². The zero-order valence-electron chi connectivity index (χ0n) is 22.8. The van der Waals surface area contributed by atoms with Gasteiger partial charge in [0.1, 0.15) is 22.8 Å². The lowest BCUT2D eigenvalue weighted by molar-refractivity contribution is 0.131. The fourth-order valence-electron chi connectivity index (χ4n) is 4.68. The molecule has 0 unspecified atom stereocenters. The summed E-state index contributed by atoms with van der Waals surface area (Å²) in [6.07, 6.45) is 4.98. The van der Waals surface area contributed by atoms with Gasteiger partial charge in [-0.05, 0) is 73.8 Å². The summed E-state index contributed by atoms with van der Waals surface area (Å²) in [6.45, 7) is 4.14. The van der Waals surface area contributed by atoms with Crippen molar-refractivity contribution in [3.8, 4) is 11.5 Å². The highest BCUT2D eigenvalue weighted by molar-refractivity contribution is 7.78. The molecule has 0 spiro atoms. The molecule has 0 radical (unpaired) electrons. The minimum absolute atomic E-state index is 0.0348. The predicted molar refractivity (Wildman–Crippen MR) is 162 cm³/mol. The maximum absolute atomic E-state index is 11.4. The van der Waals surface area contributed by atoms with E-state index in [0.717, 1.165) is 59.9 Å². The number of phenols is 1. The number of aromatic hydroxyl groups is 1. The number of hydrogen-bond acceptors (Lipinski definition) is 9. The molecule has 2 aromatic carbocycles. The molecule has 0 amide bonds. The van der Waals surface area contributed by atoms with Crippen molar-refractivity contribution in [2.75, 3.05) is 25.5 Å². The van der Waals surface area contributed by atoms with Gasteiger partial charge in [0.25, 0.3) is 0 Å². The number of nitrogens with two attached hydrogens (primary N) is 1. The molecule has 11 nitrogen and oxygen atoms in total. The van der Waals surface area contributed by atoms with Crippen LogP contribution in [0, 0.1) is 0 Å². The van der Waals surface area contributed by atoms with Gasteiger partial charge in [0, 0.05) is 30.6 Å². The van der Waals surface area contributed by atoms with Gasteiger partial charge in [-0.1, -0.05) is 19.4 Å². The number of isothiocyanates is 1. The average Bonchev–Trinajstić information content (AvgIpc) is 3.29. The SMILES string of the molecule is CCCCc1nc2c(N)nc3ccc(CCCOCCCN=C=S)cc3c2n1Cc1cc(OP(=O)(O)O)ccc1O. The van der Waals surface area contributed by atoms with Crippen molar-refractivity contribution in [1.82, 2.24) is 14.5 Å². The van der Waals surface area contributed by atoms with E-state index < -0.39 is 7.82 Å². The number of unbranched alkanes of at least 4 members (excludes halogenated alkanes) is 1. The lowest BCUT2D eigenvalue weighted by Crippen LogP contribution is -2.07. The zero-order valence-corrected chi connectivity index (χ0v) is 24.5. The number of rotatable bonds is 15. The Balaban J connectivity index is 1.69. The highest BCUT2D eigenvalue weighted by Crippen LogP contribution is 2.39. The summed E-state index contributed by atoms with van der Waals surface area (Å²) in [4.78, 5) is 31.8. The quantitative estimate of drug-likeness (QED) is 0.0619. The largest absolute Gasteiger partial charge is 0.524 e. The molecule has 0 fully saturated rings. The van der Waals surface area contributed by atoms with Crippen LogP contribution >= 0.6 is 20.0 Å². The van der Waals surface area contributed by atoms with E-state index in [2.05, 4.69) is 40.3 Å². The standard InChI is InChI=1S/C28H34N5O6PS/c1-2-3-7-25-32-26-27(33(25)17-20-16-21(9-11-24(20)34)39-40(35,36)37)22-15-19(8-10-23(22)31-28(26)29)6-4-13-38-14-5-12-30-18-41/h8-11,15-16,34H,2-7,12-14,17H2,1H3,(H2,29,31)(H2,35,36,37). The summed E-state index contributed by atoms with van der Waals surface area (Å²) in [6, 6.07) is 10.1. The van der Waals surface area contributed by atoms with Gasteiger partial charge in [0.05, 0.1) is 29.3 Å². The smallest absolute Gasteiger partial charge is 0.508 e. The maximum Gasteiger partial charge on any atom is 0.524 e. The number of anilines is 1. The van der Waals surface area contributed by atoms with Gasteiger partial charge in [-0.15, -0.1) is 0 Å². The summed E-state index contributed by atoms with van der Waals surface area (Å²) in [5.74, 6) is 1.01. The molecular formula is C28H34N5O6PS. The number of ether oxygens (including phenoxy) is 1. The van der Waals surface area contributed by atoms with E-state index in [4.69, 9.17) is 20.0 Å². The summed E-state index contributed by atoms with van der Waals surface area (Å²) >= 11 is 4.57. The molecule has 13 heteroatoms. The van der Waals surface area contributed by atoms with E-state index in [1.165, 1.54) is 18.2 Å². The molecule has 0 atom stereocenters. The third kappa shape index (κ3) is 8.10. The fourth-order valence-corrected chi connectivity index (χ4v) is 5.16. The highest BCUT2D eigenvalue weighted by atomic mass is 32.1. The topological polar surface area (TPSA) is 165 Å². The minimum Gasteiger partial charge on any atom is -0.508 e. The van der Waals surface area contributed by atoms with Crippen LogP contribution in [-0.2, 0) is 28.7 Å². The summed E-state index contributed by atoms with van der Waals surface area (Å²) < 4.78 is 23.9. The van der Waals surface area contributed by atoms with Gasteiger partial charge in [-0.3, -0.25) is 9.79 Å². The Kier molecular flexibility index (Phi) is 10.4. The number of fused-ring (bicyclic) bond motifs is 3. The van der Waals surface area contributed by atoms with Crippen molar-refractivity contribution in [3.05, 3.63) is 53.3 Å². The van der Waals surface area contributed by atoms with Gasteiger partial charge in [0.15, 0.2) is 5.82 Å². The number of phenolic OH excluding ortho intramolecular Hbond substituents is 1. The van der Waals surface area contributed by atoms with Gasteiger partial charge in [0.2, 0.25) is 0 Å². The second kappa shape index (κ2) is 14.0. The number of phosphoric ester groups is 1. The third-order valence-electron chi connectivity index (χ3n) is 6.58. The predicted octanol–water partition coefficient (Wildman–Crippen LogP) is 5.18. The molecule has 5 N–H and O–H groups in total. The molecule has 0 aliphatic carbocycles. The lowest BCUT2D eigenvalue weighted by atomic mass is 10.1. The maximum atomic E-state index is 11.4. The molecule has 0 saturated heterocycles. The molecule has 218 valence electrons. The van der Waals surface area contributed by atoms with E-state index in [0.29, 0.717) is 43.1 Å². The number of aromatic nitrogens is 3. The Labute approximate surface area is 243 Å². The first kappa shape index (κ1) is 30.6. The van der Waals surface area contributed by atoms with Crippen LogP contribution in [0.3, 0.4) is 0 Å². The van der Waals surface area contributed by atoms with E-state index >= 15 is 0 Å². The first-order valence-corrected chi connectivity index (χ1v) is 15.4. The number of aryl methyl sites for hydroxylation is 2. The second-order valence-corrected chi connectivity index (χ2v) is 11.0. The average molecular weight is 600 g/mol. The Morgan fingerprint density at radius 3 is 2.66 bits per heavy atom. The van der Waals surface area contributed by atoms with Crippen LogP contribution in [0.2, 0.25) is 0 Å². The van der Waals surface area contributed by atoms with Crippen molar-refractivity contribution < 1.29 is 28.7 Å². The first-order chi connectivity index (χ1) is 19.7. The second-order valence-electron chi connectivity index (χ2n) is 9.68. The summed E-state index contributed by atoms with van der Waals surface area (Å²) in [5, 5.41) is 13.9. The number of benzene rings is 2. The van der Waals surface area contributed by atoms with Crippen LogP contribution in [0.1, 0.15) is 49.6 Å². The number of aliphatic imine (C=N–C) groups is 1. The van der Waals surface area contributed by atoms with Gasteiger partial charge in [-0.2, -0.15) is 0 Å². The Morgan fingerprint density at radius 2 is 1.90 bits per heavy atom. The molecule has 0 saturated carbocycles. The molecule has 0 aliphatic rings. The minimum atomic E-state index is -4.77. The molecule has 4 rings (SSSR count). The first-order valence-electron chi connectivity index (χ1n) is 13.5. The molecule has 0 bridgehead atoms. The van der Waals surface area contributed by atoms with Crippen LogP contribution in [0.15, 0.2) is 41.4 Å². The van der Waals surface area contributed by atoms with Gasteiger partial charge >= 0.3 is 7.82 Å². The van der Waals surface area contributed by atoms with Crippen LogP contribution in [0.4, 0.5) is 5.82 Å². The number of hydrogen-bond donors (Lipinski definition) is 4. The van der Waals surface area contributed by atoms with E-state index in [9.17, 15) is 19.5 Å². The molecular weight excluding hydrogens is 565 g/mol. The molecule has 4 aromatic rings. The van der Waals surface area contributed by atoms with E-state index in [1.54, 1.807) is 0 Å². The number of imidazole rings is 1. The summed E-state index contributed by atoms with van der Waals surface area (Å²) in [5.41, 5.74) is 9.98. The van der Waals surface area contributed by atoms with Crippen molar-refractivity contribution in [1.29, 1.82) is 0 Å². The summed E-state index contributed by atoms with van der Waals surface area (Å²) in [7, 11) is -4.77. The Hall–Kier alpha value is -3.37. The highest BCUT2D eigenvalue weighted by Gasteiger charge is 2.21. The number of nitrogen functional groups attached to an aromatic ring is 1. The Morgan fingerprint density at radius 1 is 1.10 bits per heavy atom. The number of thiocarbonyl (C=S) groups is 1. The Bertz CT molecular complexity index is 1620. The molecule has 41 heavy (non-hydrogen) atoms. The zero-order chi connectivity index (χ0) is 29.4. The molecule has 2 heterocycles. The number of nitrogens with zero attached hydrogens (tertiary/aromatic N) is 4. The number of phosphoric acid groups is 1. The van der Waals surface area contributed by atoms with E-state index in [1.807, 2.05) is 16.7 Å². The third-order valence-corrected chi connectivity index (χ3v) is 7.16. The monoisotopic (exact) mass is 599 g/mol. The van der Waals surface area contributed by atoms with Crippen LogP contribution in [0.5, 0.6) is 11.5 Å². The van der Waals surface area contributed by atoms with Gasteiger partial charge < -0.3 is 24.7 Å². The number of pyridine rings is 1. The normalized spacial score (nSPS) is 11.7. The molecule has 0 aliphatic heterocycles. The lowest BCUT2D eigenvalue weighted by Gasteiger charge is -2.14.